The molecule has 3 rings (SSSR count). The van der Waals surface area contributed by atoms with E-state index >= 15 is 0 Å². The molecule has 23 heavy (non-hydrogen) atoms. The van der Waals surface area contributed by atoms with E-state index < -0.39 is 16.3 Å². The van der Waals surface area contributed by atoms with E-state index in [1.807, 2.05) is 56.3 Å². The van der Waals surface area contributed by atoms with Crippen molar-refractivity contribution in [2.24, 2.45) is 0 Å². The molecule has 0 unspecified atom stereocenters. The quantitative estimate of drug-likeness (QED) is 0.861. The highest BCUT2D eigenvalue weighted by Gasteiger charge is 2.40. The first kappa shape index (κ1) is 16.2. The third-order valence-electron chi connectivity index (χ3n) is 4.14. The van der Waals surface area contributed by atoms with Crippen molar-refractivity contribution in [1.82, 2.24) is 4.31 Å². The highest BCUT2D eigenvalue weighted by Crippen LogP contribution is 2.34. The third kappa shape index (κ3) is 3.17. The Bertz CT molecular complexity index is 757. The molecule has 1 saturated heterocycles. The lowest BCUT2D eigenvalue weighted by Crippen LogP contribution is -2.35. The maximum absolute atomic E-state index is 12.9. The average Bonchev–Trinajstić information content (AvgIpc) is 3.01. The molecule has 2 atom stereocenters. The van der Waals surface area contributed by atoms with Crippen molar-refractivity contribution in [3.63, 3.8) is 0 Å². The third-order valence-corrected chi connectivity index (χ3v) is 6.01. The van der Waals surface area contributed by atoms with Gasteiger partial charge in [-0.2, -0.15) is 4.31 Å². The minimum atomic E-state index is -3.55. The number of hydrogen-bond donors (Lipinski definition) is 0. The lowest BCUT2D eigenvalue weighted by Gasteiger charge is -2.21. The number of aryl methyl sites for hydroxylation is 1. The van der Waals surface area contributed by atoms with Gasteiger partial charge in [0.25, 0.3) is 0 Å². The van der Waals surface area contributed by atoms with Crippen LogP contribution in [0, 0.1) is 6.92 Å². The summed E-state index contributed by atoms with van der Waals surface area (Å²) < 4.78 is 33.3. The molecule has 0 amide bonds. The molecule has 1 fully saturated rings. The minimum Gasteiger partial charge on any atom is -0.353 e. The van der Waals surface area contributed by atoms with Crippen LogP contribution in [0.1, 0.15) is 30.6 Å². The Balaban J connectivity index is 1.90. The Morgan fingerprint density at radius 1 is 1.09 bits per heavy atom. The summed E-state index contributed by atoms with van der Waals surface area (Å²) in [5.41, 5.74) is 2.04. The van der Waals surface area contributed by atoms with E-state index in [-0.39, 0.29) is 6.10 Å². The Hall–Kier alpha value is -1.69. The first-order chi connectivity index (χ1) is 11.0. The lowest BCUT2D eigenvalue weighted by molar-refractivity contribution is 0.0193. The van der Waals surface area contributed by atoms with Gasteiger partial charge in [0.2, 0.25) is 10.0 Å². The topological polar surface area (TPSA) is 46.6 Å². The SMILES string of the molecule is CC[C@H]1O[C@@H](c2ccccc2)CN1S(=O)(=O)c1ccc(C)cc1. The molecule has 0 spiro atoms. The first-order valence-electron chi connectivity index (χ1n) is 7.81. The number of rotatable bonds is 4. The van der Waals surface area contributed by atoms with E-state index in [2.05, 4.69) is 0 Å². The largest absolute Gasteiger partial charge is 0.353 e. The molecule has 1 heterocycles. The molecule has 5 heteroatoms. The molecule has 1 aliphatic rings. The standard InChI is InChI=1S/C18H21NO3S/c1-3-18-19(13-17(22-18)15-7-5-4-6-8-15)23(20,21)16-11-9-14(2)10-12-16/h4-12,17-18H,3,13H2,1-2H3/t17-,18-/m1/s1. The van der Waals surface area contributed by atoms with E-state index in [1.165, 1.54) is 4.31 Å². The van der Waals surface area contributed by atoms with Gasteiger partial charge in [0, 0.05) is 6.54 Å². The van der Waals surface area contributed by atoms with Crippen LogP contribution in [0.3, 0.4) is 0 Å². The maximum Gasteiger partial charge on any atom is 0.245 e. The molecule has 122 valence electrons. The second-order valence-electron chi connectivity index (χ2n) is 5.79. The van der Waals surface area contributed by atoms with Gasteiger partial charge in [-0.15, -0.1) is 0 Å². The van der Waals surface area contributed by atoms with Gasteiger partial charge < -0.3 is 4.74 Å². The number of benzene rings is 2. The molecule has 0 radical (unpaired) electrons. The van der Waals surface area contributed by atoms with Gasteiger partial charge in [0.05, 0.1) is 11.0 Å². The van der Waals surface area contributed by atoms with Crippen molar-refractivity contribution in [1.29, 1.82) is 0 Å². The van der Waals surface area contributed by atoms with E-state index in [9.17, 15) is 8.42 Å². The zero-order valence-corrected chi connectivity index (χ0v) is 14.2. The molecular formula is C18H21NO3S. The molecule has 0 bridgehead atoms. The van der Waals surface area contributed by atoms with Crippen LogP contribution in [0.2, 0.25) is 0 Å². The Morgan fingerprint density at radius 2 is 1.74 bits per heavy atom. The van der Waals surface area contributed by atoms with Crippen LogP contribution < -0.4 is 0 Å². The molecule has 0 saturated carbocycles. The van der Waals surface area contributed by atoms with Crippen LogP contribution in [0.15, 0.2) is 59.5 Å². The Kier molecular flexibility index (Phi) is 4.53. The Labute approximate surface area is 137 Å². The fourth-order valence-corrected chi connectivity index (χ4v) is 4.42. The Morgan fingerprint density at radius 3 is 2.35 bits per heavy atom. The van der Waals surface area contributed by atoms with E-state index in [4.69, 9.17) is 4.74 Å². The zero-order chi connectivity index (χ0) is 16.4. The number of sulfonamides is 1. The van der Waals surface area contributed by atoms with Crippen molar-refractivity contribution in [2.45, 2.75) is 37.5 Å². The maximum atomic E-state index is 12.9. The number of ether oxygens (including phenoxy) is 1. The van der Waals surface area contributed by atoms with Crippen molar-refractivity contribution in [3.8, 4) is 0 Å². The molecule has 0 aromatic heterocycles. The molecule has 4 nitrogen and oxygen atoms in total. The van der Waals surface area contributed by atoms with Gasteiger partial charge in [-0.1, -0.05) is 55.0 Å². The molecule has 2 aromatic rings. The van der Waals surface area contributed by atoms with Gasteiger partial charge in [0.15, 0.2) is 0 Å². The number of nitrogens with zero attached hydrogens (tertiary/aromatic N) is 1. The van der Waals surface area contributed by atoms with Crippen molar-refractivity contribution >= 4 is 10.0 Å². The monoisotopic (exact) mass is 331 g/mol. The molecular weight excluding hydrogens is 310 g/mol. The highest BCUT2D eigenvalue weighted by atomic mass is 32.2. The van der Waals surface area contributed by atoms with Crippen LogP contribution in [0.5, 0.6) is 0 Å². The highest BCUT2D eigenvalue weighted by molar-refractivity contribution is 7.89. The number of hydrogen-bond acceptors (Lipinski definition) is 3. The molecule has 0 N–H and O–H groups in total. The molecule has 1 aliphatic heterocycles. The average molecular weight is 331 g/mol. The van der Waals surface area contributed by atoms with Crippen LogP contribution in [-0.4, -0.2) is 25.5 Å². The van der Waals surface area contributed by atoms with E-state index in [0.29, 0.717) is 17.9 Å². The van der Waals surface area contributed by atoms with Gasteiger partial charge in [-0.05, 0) is 31.0 Å². The summed E-state index contributed by atoms with van der Waals surface area (Å²) in [6, 6.07) is 16.7. The van der Waals surface area contributed by atoms with Crippen molar-refractivity contribution < 1.29 is 13.2 Å². The van der Waals surface area contributed by atoms with Crippen LogP contribution in [0.25, 0.3) is 0 Å². The van der Waals surface area contributed by atoms with Crippen LogP contribution in [0.4, 0.5) is 0 Å². The van der Waals surface area contributed by atoms with Gasteiger partial charge in [-0.3, -0.25) is 0 Å². The van der Waals surface area contributed by atoms with Gasteiger partial charge in [0.1, 0.15) is 6.23 Å². The predicted octanol–water partition coefficient (Wildman–Crippen LogP) is 3.49. The molecule has 2 aromatic carbocycles. The second-order valence-corrected chi connectivity index (χ2v) is 7.68. The first-order valence-corrected chi connectivity index (χ1v) is 9.25. The predicted molar refractivity (Wildman–Crippen MR) is 89.4 cm³/mol. The second kappa shape index (κ2) is 6.43. The van der Waals surface area contributed by atoms with Crippen LogP contribution in [-0.2, 0) is 14.8 Å². The summed E-state index contributed by atoms with van der Waals surface area (Å²) in [5, 5.41) is 0. The van der Waals surface area contributed by atoms with E-state index in [0.717, 1.165) is 11.1 Å². The van der Waals surface area contributed by atoms with E-state index in [1.54, 1.807) is 12.1 Å². The summed E-state index contributed by atoms with van der Waals surface area (Å²) in [7, 11) is -3.55. The summed E-state index contributed by atoms with van der Waals surface area (Å²) in [4.78, 5) is 0.318. The smallest absolute Gasteiger partial charge is 0.245 e. The lowest BCUT2D eigenvalue weighted by atomic mass is 10.1. The molecule has 0 aliphatic carbocycles. The normalized spacial score (nSPS) is 22.3. The van der Waals surface area contributed by atoms with Crippen LogP contribution >= 0.6 is 0 Å². The summed E-state index contributed by atoms with van der Waals surface area (Å²) in [5.74, 6) is 0. The fraction of sp³-hybridized carbons (Fsp3) is 0.333. The fourth-order valence-electron chi connectivity index (χ4n) is 2.83. The van der Waals surface area contributed by atoms with Crippen molar-refractivity contribution in [3.05, 3.63) is 65.7 Å². The minimum absolute atomic E-state index is 0.221. The van der Waals surface area contributed by atoms with Gasteiger partial charge in [-0.25, -0.2) is 8.42 Å². The summed E-state index contributed by atoms with van der Waals surface area (Å²) in [6.07, 6.45) is -0.0260. The summed E-state index contributed by atoms with van der Waals surface area (Å²) >= 11 is 0. The van der Waals surface area contributed by atoms with Crippen molar-refractivity contribution in [2.75, 3.05) is 6.54 Å². The summed E-state index contributed by atoms with van der Waals surface area (Å²) in [6.45, 7) is 4.23. The van der Waals surface area contributed by atoms with Gasteiger partial charge >= 0.3 is 0 Å². The zero-order valence-electron chi connectivity index (χ0n) is 13.3.